The number of hydrogen-bond acceptors (Lipinski definition) is 3. The molecule has 21 heavy (non-hydrogen) atoms. The van der Waals surface area contributed by atoms with Crippen LogP contribution in [-0.4, -0.2) is 36.7 Å². The molecule has 3 rings (SSSR count). The van der Waals surface area contributed by atoms with Gasteiger partial charge in [0.1, 0.15) is 0 Å². The van der Waals surface area contributed by atoms with Crippen LogP contribution in [-0.2, 0) is 16.7 Å². The summed E-state index contributed by atoms with van der Waals surface area (Å²) in [4.78, 5) is 2.67. The number of morpholine rings is 1. The van der Waals surface area contributed by atoms with E-state index in [0.29, 0.717) is 18.7 Å². The van der Waals surface area contributed by atoms with E-state index in [1.165, 1.54) is 30.4 Å². The smallest absolute Gasteiger partial charge is 0.0675 e. The number of aryl methyl sites for hydroxylation is 1. The molecule has 116 valence electrons. The van der Waals surface area contributed by atoms with Gasteiger partial charge in [0.15, 0.2) is 0 Å². The van der Waals surface area contributed by atoms with Gasteiger partial charge in [0, 0.05) is 19.1 Å². The van der Waals surface area contributed by atoms with Crippen molar-refractivity contribution in [3.63, 3.8) is 0 Å². The van der Waals surface area contributed by atoms with E-state index in [0.717, 1.165) is 19.6 Å². The number of fused-ring (bicyclic) bond motifs is 1. The van der Waals surface area contributed by atoms with E-state index in [2.05, 4.69) is 43.0 Å². The molecule has 0 aromatic heterocycles. The maximum absolute atomic E-state index is 6.36. The summed E-state index contributed by atoms with van der Waals surface area (Å²) in [5.41, 5.74) is 9.32. The van der Waals surface area contributed by atoms with Crippen LogP contribution in [0.25, 0.3) is 0 Å². The fourth-order valence-corrected chi connectivity index (χ4v) is 4.23. The predicted molar refractivity (Wildman–Crippen MR) is 86.3 cm³/mol. The molecule has 3 heteroatoms. The molecule has 0 amide bonds. The van der Waals surface area contributed by atoms with Crippen molar-refractivity contribution in [2.24, 2.45) is 5.73 Å². The van der Waals surface area contributed by atoms with Crippen LogP contribution in [0, 0.1) is 0 Å². The number of ether oxygens (including phenoxy) is 1. The van der Waals surface area contributed by atoms with Crippen molar-refractivity contribution in [1.29, 1.82) is 0 Å². The largest absolute Gasteiger partial charge is 0.376 e. The second kappa shape index (κ2) is 6.07. The molecular weight excluding hydrogens is 260 g/mol. The lowest BCUT2D eigenvalue weighted by Crippen LogP contribution is -2.62. The fourth-order valence-electron chi connectivity index (χ4n) is 4.23. The normalized spacial score (nSPS) is 33.7. The first-order valence-corrected chi connectivity index (χ1v) is 8.38. The van der Waals surface area contributed by atoms with Crippen LogP contribution in [0.5, 0.6) is 0 Å². The third kappa shape index (κ3) is 2.52. The SMILES string of the molecule is CCC1COC(C)CN1C1(CN)CCCc2ccccc21. The van der Waals surface area contributed by atoms with Crippen LogP contribution in [0.3, 0.4) is 0 Å². The van der Waals surface area contributed by atoms with E-state index >= 15 is 0 Å². The maximum Gasteiger partial charge on any atom is 0.0675 e. The van der Waals surface area contributed by atoms with E-state index in [9.17, 15) is 0 Å². The zero-order chi connectivity index (χ0) is 14.9. The van der Waals surface area contributed by atoms with Crippen molar-refractivity contribution < 1.29 is 4.74 Å². The number of nitrogens with zero attached hydrogens (tertiary/aromatic N) is 1. The Morgan fingerprint density at radius 3 is 2.95 bits per heavy atom. The quantitative estimate of drug-likeness (QED) is 0.929. The van der Waals surface area contributed by atoms with Gasteiger partial charge in [-0.1, -0.05) is 31.2 Å². The standard InChI is InChI=1S/C18H28N2O/c1-3-16-12-21-14(2)11-20(16)18(13-19)10-6-8-15-7-4-5-9-17(15)18/h4-5,7,9,14,16H,3,6,8,10-13,19H2,1-2H3. The predicted octanol–water partition coefficient (Wildman–Crippen LogP) is 2.68. The molecule has 1 aliphatic carbocycles. The lowest BCUT2D eigenvalue weighted by Gasteiger charge is -2.53. The Hall–Kier alpha value is -0.900. The monoisotopic (exact) mass is 288 g/mol. The molecule has 0 saturated carbocycles. The minimum atomic E-state index is 0.00750. The van der Waals surface area contributed by atoms with Gasteiger partial charge in [0.25, 0.3) is 0 Å². The highest BCUT2D eigenvalue weighted by molar-refractivity contribution is 5.37. The Balaban J connectivity index is 2.04. The van der Waals surface area contributed by atoms with E-state index in [1.807, 2.05) is 0 Å². The molecule has 1 aromatic carbocycles. The molecular formula is C18H28N2O. The summed E-state index contributed by atoms with van der Waals surface area (Å²) in [5.74, 6) is 0. The van der Waals surface area contributed by atoms with Crippen LogP contribution in [0.2, 0.25) is 0 Å². The van der Waals surface area contributed by atoms with Crippen molar-refractivity contribution in [3.8, 4) is 0 Å². The van der Waals surface area contributed by atoms with E-state index in [-0.39, 0.29) is 5.54 Å². The third-order valence-electron chi connectivity index (χ3n) is 5.38. The fraction of sp³-hybridized carbons (Fsp3) is 0.667. The molecule has 0 radical (unpaired) electrons. The second-order valence-corrected chi connectivity index (χ2v) is 6.60. The highest BCUT2D eigenvalue weighted by atomic mass is 16.5. The lowest BCUT2D eigenvalue weighted by atomic mass is 9.74. The van der Waals surface area contributed by atoms with Gasteiger partial charge in [-0.25, -0.2) is 0 Å². The molecule has 1 fully saturated rings. The summed E-state index contributed by atoms with van der Waals surface area (Å²) >= 11 is 0. The summed E-state index contributed by atoms with van der Waals surface area (Å²) in [6.07, 6.45) is 5.01. The first kappa shape index (κ1) is 15.0. The molecule has 3 nitrogen and oxygen atoms in total. The zero-order valence-electron chi connectivity index (χ0n) is 13.3. The number of rotatable bonds is 3. The molecule has 1 heterocycles. The number of nitrogens with two attached hydrogens (primary N) is 1. The van der Waals surface area contributed by atoms with Crippen molar-refractivity contribution in [2.45, 2.75) is 57.2 Å². The van der Waals surface area contributed by atoms with Gasteiger partial charge in [-0.2, -0.15) is 0 Å². The van der Waals surface area contributed by atoms with Crippen molar-refractivity contribution >= 4 is 0 Å². The highest BCUT2D eigenvalue weighted by Crippen LogP contribution is 2.42. The van der Waals surface area contributed by atoms with Crippen molar-refractivity contribution in [2.75, 3.05) is 19.7 Å². The van der Waals surface area contributed by atoms with Crippen LogP contribution >= 0.6 is 0 Å². The highest BCUT2D eigenvalue weighted by Gasteiger charge is 2.45. The van der Waals surface area contributed by atoms with Crippen LogP contribution in [0.4, 0.5) is 0 Å². The average molecular weight is 288 g/mol. The number of benzene rings is 1. The zero-order valence-corrected chi connectivity index (χ0v) is 13.3. The summed E-state index contributed by atoms with van der Waals surface area (Å²) in [6, 6.07) is 9.39. The Labute approximate surface area is 128 Å². The van der Waals surface area contributed by atoms with Crippen molar-refractivity contribution in [1.82, 2.24) is 4.90 Å². The van der Waals surface area contributed by atoms with Gasteiger partial charge in [-0.05, 0) is 43.7 Å². The molecule has 0 spiro atoms. The molecule has 3 unspecified atom stereocenters. The topological polar surface area (TPSA) is 38.5 Å². The summed E-state index contributed by atoms with van der Waals surface area (Å²) < 4.78 is 5.90. The average Bonchev–Trinajstić information content (AvgIpc) is 2.54. The summed E-state index contributed by atoms with van der Waals surface area (Å²) in [7, 11) is 0. The van der Waals surface area contributed by atoms with Crippen LogP contribution in [0.15, 0.2) is 24.3 Å². The second-order valence-electron chi connectivity index (χ2n) is 6.60. The molecule has 1 aromatic rings. The Morgan fingerprint density at radius 2 is 2.19 bits per heavy atom. The molecule has 2 N–H and O–H groups in total. The van der Waals surface area contributed by atoms with E-state index < -0.39 is 0 Å². The van der Waals surface area contributed by atoms with Gasteiger partial charge >= 0.3 is 0 Å². The summed E-state index contributed by atoms with van der Waals surface area (Å²) in [5, 5.41) is 0. The molecule has 1 aliphatic heterocycles. The van der Waals surface area contributed by atoms with Gasteiger partial charge in [-0.15, -0.1) is 0 Å². The molecule has 3 atom stereocenters. The number of hydrogen-bond donors (Lipinski definition) is 1. The molecule has 1 saturated heterocycles. The van der Waals surface area contributed by atoms with Gasteiger partial charge in [-0.3, -0.25) is 4.90 Å². The summed E-state index contributed by atoms with van der Waals surface area (Å²) in [6.45, 7) is 6.96. The minimum absolute atomic E-state index is 0.00750. The van der Waals surface area contributed by atoms with E-state index in [4.69, 9.17) is 10.5 Å². The lowest BCUT2D eigenvalue weighted by molar-refractivity contribution is -0.105. The van der Waals surface area contributed by atoms with E-state index in [1.54, 1.807) is 0 Å². The van der Waals surface area contributed by atoms with Gasteiger partial charge < -0.3 is 10.5 Å². The Kier molecular flexibility index (Phi) is 4.34. The third-order valence-corrected chi connectivity index (χ3v) is 5.38. The van der Waals surface area contributed by atoms with Gasteiger partial charge in [0.2, 0.25) is 0 Å². The molecule has 0 bridgehead atoms. The molecule has 2 aliphatic rings. The first-order chi connectivity index (χ1) is 10.2. The van der Waals surface area contributed by atoms with Crippen LogP contribution in [0.1, 0.15) is 44.2 Å². The maximum atomic E-state index is 6.36. The Bertz CT molecular complexity index is 490. The van der Waals surface area contributed by atoms with Crippen LogP contribution < -0.4 is 5.73 Å². The first-order valence-electron chi connectivity index (χ1n) is 8.38. The van der Waals surface area contributed by atoms with Crippen molar-refractivity contribution in [3.05, 3.63) is 35.4 Å². The minimum Gasteiger partial charge on any atom is -0.376 e. The van der Waals surface area contributed by atoms with Gasteiger partial charge in [0.05, 0.1) is 18.2 Å². The Morgan fingerprint density at radius 1 is 1.38 bits per heavy atom.